The predicted octanol–water partition coefficient (Wildman–Crippen LogP) is 6.00. The van der Waals surface area contributed by atoms with E-state index in [2.05, 4.69) is 88.7 Å². The van der Waals surface area contributed by atoms with Crippen LogP contribution in [0.3, 0.4) is 0 Å². The Kier molecular flexibility index (Phi) is 29.8. The summed E-state index contributed by atoms with van der Waals surface area (Å²) in [4.78, 5) is 107. The summed E-state index contributed by atoms with van der Waals surface area (Å²) in [7, 11) is -2.42. The van der Waals surface area contributed by atoms with Crippen molar-refractivity contribution in [3.8, 4) is 0 Å². The fourth-order valence-corrected chi connectivity index (χ4v) is 20.3. The molecule has 0 aromatic heterocycles. The third-order valence-electron chi connectivity index (χ3n) is 14.3. The lowest BCUT2D eigenvalue weighted by atomic mass is 10.1. The molecule has 3 amide bonds. The lowest BCUT2D eigenvalue weighted by Gasteiger charge is -2.27. The molecule has 0 saturated carbocycles. The molecule has 88 heavy (non-hydrogen) atoms. The predicted molar refractivity (Wildman–Crippen MR) is 355 cm³/mol. The number of ketones is 1. The van der Waals surface area contributed by atoms with Gasteiger partial charge in [0.25, 0.3) is 0 Å². The molecule has 17 nitrogen and oxygen atoms in total. The van der Waals surface area contributed by atoms with Crippen molar-refractivity contribution in [1.82, 2.24) is 16.0 Å². The zero-order valence-electron chi connectivity index (χ0n) is 49.9. The van der Waals surface area contributed by atoms with Crippen LogP contribution in [0.1, 0.15) is 65.2 Å². The summed E-state index contributed by atoms with van der Waals surface area (Å²) in [5, 5.41) is 14.7. The summed E-state index contributed by atoms with van der Waals surface area (Å²) in [5.74, 6) is -5.10. The Balaban J connectivity index is 1.08. The van der Waals surface area contributed by atoms with Gasteiger partial charge in [-0.15, -0.1) is 0 Å². The summed E-state index contributed by atoms with van der Waals surface area (Å²) in [6.07, 6.45) is 0.947. The molecule has 0 saturated heterocycles. The highest BCUT2D eigenvalue weighted by Gasteiger charge is 2.47. The number of ether oxygens (including phenoxy) is 4. The lowest BCUT2D eigenvalue weighted by Crippen LogP contribution is -2.49. The second kappa shape index (κ2) is 37.6. The van der Waals surface area contributed by atoms with E-state index in [1.165, 1.54) is 0 Å². The Bertz CT molecular complexity index is 2950. The van der Waals surface area contributed by atoms with Crippen molar-refractivity contribution < 1.29 is 57.3 Å². The molecule has 4 atom stereocenters. The highest BCUT2D eigenvalue weighted by molar-refractivity contribution is 8.76. The number of benzene rings is 6. The molecule has 0 aliphatic carbocycles. The van der Waals surface area contributed by atoms with Gasteiger partial charge in [0.2, 0.25) is 17.7 Å². The van der Waals surface area contributed by atoms with Gasteiger partial charge in [-0.05, 0) is 98.5 Å². The topological polar surface area (TPSA) is 262 Å². The van der Waals surface area contributed by atoms with E-state index in [1.807, 2.05) is 123 Å². The molecular formula is C67H81N5O12P2S2+2. The molecular weight excluding hydrogens is 1190 g/mol. The SMILES string of the molecule is CCCOC(=O)CNC(=O)C(CSSCC(NC(=O)CCC(N)C(=O)OCCC)C(=O)CCC(=O)OCC[P+](c1ccccc1)(c1ccccc1)c1ccccc1)NC(=O)CCC(N)C(=O)OCC[P+](c1ccccc1)(c1ccccc1)c1ccccc1. The minimum Gasteiger partial charge on any atom is -0.465 e. The van der Waals surface area contributed by atoms with Crippen molar-refractivity contribution in [3.63, 3.8) is 0 Å². The normalized spacial score (nSPS) is 12.7. The average molecular weight is 1270 g/mol. The molecule has 4 unspecified atom stereocenters. The van der Waals surface area contributed by atoms with E-state index in [-0.39, 0.29) is 76.5 Å². The molecule has 6 aromatic carbocycles. The first-order chi connectivity index (χ1) is 42.7. The van der Waals surface area contributed by atoms with Gasteiger partial charge in [-0.3, -0.25) is 38.4 Å². The van der Waals surface area contributed by atoms with E-state index in [0.29, 0.717) is 25.2 Å². The number of esters is 4. The Morgan fingerprint density at radius 2 is 0.750 bits per heavy atom. The molecule has 21 heteroatoms. The van der Waals surface area contributed by atoms with Crippen LogP contribution in [0.15, 0.2) is 182 Å². The van der Waals surface area contributed by atoms with Gasteiger partial charge >= 0.3 is 23.9 Å². The van der Waals surface area contributed by atoms with Gasteiger partial charge in [-0.2, -0.15) is 0 Å². The van der Waals surface area contributed by atoms with Crippen LogP contribution in [-0.4, -0.2) is 128 Å². The molecule has 0 spiro atoms. The summed E-state index contributed by atoms with van der Waals surface area (Å²) in [6.45, 7) is 3.64. The monoisotopic (exact) mass is 1270 g/mol. The van der Waals surface area contributed by atoms with Gasteiger partial charge in [-0.1, -0.05) is 145 Å². The minimum absolute atomic E-state index is 0.0408. The Labute approximate surface area is 525 Å². The number of hydrogen-bond acceptors (Lipinski definition) is 16. The van der Waals surface area contributed by atoms with Gasteiger partial charge in [0.05, 0.1) is 25.7 Å². The summed E-state index contributed by atoms with van der Waals surface area (Å²) >= 11 is 0. The first-order valence-electron chi connectivity index (χ1n) is 29.6. The summed E-state index contributed by atoms with van der Waals surface area (Å²) in [6, 6.07) is 56.3. The van der Waals surface area contributed by atoms with E-state index in [1.54, 1.807) is 0 Å². The van der Waals surface area contributed by atoms with Crippen LogP contribution in [-0.2, 0) is 57.3 Å². The van der Waals surface area contributed by atoms with E-state index >= 15 is 0 Å². The van der Waals surface area contributed by atoms with E-state index in [4.69, 9.17) is 30.4 Å². The third-order valence-corrected chi connectivity index (χ3v) is 25.5. The highest BCUT2D eigenvalue weighted by Crippen LogP contribution is 2.56. The molecule has 0 bridgehead atoms. The number of amides is 3. The zero-order chi connectivity index (χ0) is 63.0. The largest absolute Gasteiger partial charge is 0.465 e. The smallest absolute Gasteiger partial charge is 0.325 e. The summed E-state index contributed by atoms with van der Waals surface area (Å²) in [5.41, 5.74) is 12.4. The number of nitrogens with one attached hydrogen (secondary N) is 3. The second-order valence-corrected chi connectivity index (χ2v) is 30.4. The van der Waals surface area contributed by atoms with E-state index < -0.39 is 92.6 Å². The molecule has 0 aliphatic rings. The minimum atomic E-state index is -2.32. The maximum Gasteiger partial charge on any atom is 0.325 e. The van der Waals surface area contributed by atoms with E-state index in [9.17, 15) is 38.4 Å². The quantitative estimate of drug-likeness (QED) is 0.00979. The molecule has 6 rings (SSSR count). The first kappa shape index (κ1) is 69.9. The fraction of sp³-hybridized carbons (Fsp3) is 0.343. The van der Waals surface area contributed by atoms with Crippen LogP contribution < -0.4 is 59.2 Å². The van der Waals surface area contributed by atoms with Gasteiger partial charge < -0.3 is 46.4 Å². The molecule has 0 aliphatic heterocycles. The number of Topliss-reactive ketones (excluding diaryl/α,β-unsaturated/α-hetero) is 1. The van der Waals surface area contributed by atoms with Crippen molar-refractivity contribution in [2.75, 3.05) is 56.8 Å². The fourth-order valence-electron chi connectivity index (χ4n) is 9.75. The maximum absolute atomic E-state index is 14.1. The molecule has 0 fully saturated rings. The van der Waals surface area contributed by atoms with Crippen molar-refractivity contribution in [2.45, 2.75) is 89.4 Å². The first-order valence-corrected chi connectivity index (χ1v) is 36.0. The second-order valence-electron chi connectivity index (χ2n) is 20.6. The van der Waals surface area contributed by atoms with Crippen LogP contribution in [0.5, 0.6) is 0 Å². The Morgan fingerprint density at radius 1 is 0.420 bits per heavy atom. The van der Waals surface area contributed by atoms with Gasteiger partial charge in [0.1, 0.15) is 96.6 Å². The lowest BCUT2D eigenvalue weighted by molar-refractivity contribution is -0.146. The molecule has 0 radical (unpaired) electrons. The summed E-state index contributed by atoms with van der Waals surface area (Å²) < 4.78 is 22.0. The number of carbonyl (C=O) groups excluding carboxylic acids is 8. The Morgan fingerprint density at radius 3 is 1.14 bits per heavy atom. The standard InChI is InChI=1S/C67H79N5O12P2S2/c1-3-41-81-64(77)47-70-65(78)59(72-62(75)39-36-57(69)67(80)84-44-46-86(53-29-17-8-18-30-53,54-31-19-9-20-32-54)55-33-21-10-22-34-55)49-88-87-48-58(71-61(74)38-35-56(68)66(79)83-42-4-2)60(73)37-40-63(76)82-43-45-85(50-23-11-5-12-24-50,51-25-13-6-14-26-51)52-27-15-7-16-28-52/h5-34,56-59H,3-4,35-49,68-69H2,1-2H3,(H-2,70,71,72,74,75,78)/p+2. The van der Waals surface area contributed by atoms with Crippen LogP contribution in [0, 0.1) is 0 Å². The Hall–Kier alpha value is -7.24. The van der Waals surface area contributed by atoms with Crippen molar-refractivity contribution >= 4 is 115 Å². The van der Waals surface area contributed by atoms with Crippen molar-refractivity contribution in [1.29, 1.82) is 0 Å². The van der Waals surface area contributed by atoms with Crippen molar-refractivity contribution in [3.05, 3.63) is 182 Å². The van der Waals surface area contributed by atoms with Gasteiger partial charge in [0, 0.05) is 30.8 Å². The number of rotatable bonds is 38. The van der Waals surface area contributed by atoms with Crippen LogP contribution in [0.2, 0.25) is 0 Å². The van der Waals surface area contributed by atoms with Gasteiger partial charge in [-0.25, -0.2) is 0 Å². The zero-order valence-corrected chi connectivity index (χ0v) is 53.3. The van der Waals surface area contributed by atoms with Crippen LogP contribution in [0.4, 0.5) is 0 Å². The molecule has 7 N–H and O–H groups in total. The highest BCUT2D eigenvalue weighted by atomic mass is 33.1. The van der Waals surface area contributed by atoms with E-state index in [0.717, 1.165) is 53.4 Å². The maximum atomic E-state index is 14.1. The number of nitrogens with two attached hydrogens (primary N) is 2. The molecule has 6 aromatic rings. The average Bonchev–Trinajstić information content (AvgIpc) is 1.38. The third kappa shape index (κ3) is 21.2. The number of carbonyl (C=O) groups is 8. The molecule has 0 heterocycles. The van der Waals surface area contributed by atoms with Crippen LogP contribution >= 0.6 is 36.1 Å². The van der Waals surface area contributed by atoms with Crippen LogP contribution in [0.25, 0.3) is 0 Å². The number of hydrogen-bond donors (Lipinski definition) is 5. The van der Waals surface area contributed by atoms with Crippen molar-refractivity contribution in [2.24, 2.45) is 11.5 Å². The van der Waals surface area contributed by atoms with Gasteiger partial charge in [0.15, 0.2) is 5.78 Å². The molecule has 466 valence electrons.